The summed E-state index contributed by atoms with van der Waals surface area (Å²) in [6, 6.07) is 20.3. The molecule has 1 saturated carbocycles. The Morgan fingerprint density at radius 2 is 1.57 bits per heavy atom. The summed E-state index contributed by atoms with van der Waals surface area (Å²) in [5.74, 6) is -1.38. The molecule has 0 saturated heterocycles. The van der Waals surface area contributed by atoms with Gasteiger partial charge in [0.05, 0.1) is 11.9 Å². The first-order valence-electron chi connectivity index (χ1n) is 13.2. The van der Waals surface area contributed by atoms with Crippen molar-refractivity contribution >= 4 is 39.1 Å². The molecule has 4 rings (SSSR count). The number of nitrogens with one attached hydrogen (secondary N) is 1. The fourth-order valence-electron chi connectivity index (χ4n) is 4.93. The van der Waals surface area contributed by atoms with Crippen LogP contribution in [0, 0.1) is 5.82 Å². The highest BCUT2D eigenvalue weighted by Gasteiger charge is 2.34. The molecule has 0 heterocycles. The molecule has 0 bridgehead atoms. The van der Waals surface area contributed by atoms with Crippen LogP contribution in [-0.4, -0.2) is 50.0 Å². The van der Waals surface area contributed by atoms with Crippen molar-refractivity contribution in [2.45, 2.75) is 50.7 Å². The summed E-state index contributed by atoms with van der Waals surface area (Å²) in [7, 11) is -3.92. The summed E-state index contributed by atoms with van der Waals surface area (Å²) in [5, 5.41) is 3.65. The lowest BCUT2D eigenvalue weighted by Gasteiger charge is -2.34. The Hall–Kier alpha value is -3.43. The van der Waals surface area contributed by atoms with Crippen LogP contribution in [0.15, 0.2) is 78.9 Å². The highest BCUT2D eigenvalue weighted by atomic mass is 35.5. The highest BCUT2D eigenvalue weighted by Crippen LogP contribution is 2.23. The van der Waals surface area contributed by atoms with E-state index in [2.05, 4.69) is 5.32 Å². The molecule has 3 aromatic carbocycles. The van der Waals surface area contributed by atoms with E-state index in [0.29, 0.717) is 5.02 Å². The summed E-state index contributed by atoms with van der Waals surface area (Å²) in [6.45, 7) is -0.493. The lowest BCUT2D eigenvalue weighted by atomic mass is 10.0. The van der Waals surface area contributed by atoms with Gasteiger partial charge in [0.2, 0.25) is 21.8 Å². The molecule has 0 radical (unpaired) electrons. The largest absolute Gasteiger partial charge is 0.352 e. The average molecular weight is 586 g/mol. The predicted octanol–water partition coefficient (Wildman–Crippen LogP) is 4.94. The van der Waals surface area contributed by atoms with Crippen molar-refractivity contribution in [2.75, 3.05) is 17.1 Å². The van der Waals surface area contributed by atoms with Gasteiger partial charge in [0.25, 0.3) is 0 Å². The Kier molecular flexibility index (Phi) is 9.81. The molecule has 1 fully saturated rings. The quantitative estimate of drug-likeness (QED) is 0.345. The minimum atomic E-state index is -3.92. The Balaban J connectivity index is 1.71. The Bertz CT molecular complexity index is 1400. The molecule has 212 valence electrons. The summed E-state index contributed by atoms with van der Waals surface area (Å²) < 4.78 is 40.0. The predicted molar refractivity (Wildman–Crippen MR) is 155 cm³/mol. The molecule has 0 aromatic heterocycles. The molecule has 1 unspecified atom stereocenters. The maximum Gasteiger partial charge on any atom is 0.244 e. The molecular formula is C30H33ClFN3O4S. The minimum absolute atomic E-state index is 0.0324. The maximum absolute atomic E-state index is 14.0. The van der Waals surface area contributed by atoms with Crippen LogP contribution in [0.25, 0.3) is 0 Å². The number of sulfonamides is 1. The van der Waals surface area contributed by atoms with Crippen LogP contribution in [0.3, 0.4) is 0 Å². The van der Waals surface area contributed by atoms with E-state index >= 15 is 0 Å². The molecule has 1 aliphatic carbocycles. The van der Waals surface area contributed by atoms with Crippen LogP contribution < -0.4 is 9.62 Å². The lowest BCUT2D eigenvalue weighted by molar-refractivity contribution is -0.140. The molecule has 10 heteroatoms. The second-order valence-corrected chi connectivity index (χ2v) is 12.4. The number of halogens is 2. The third kappa shape index (κ3) is 8.05. The number of carbonyl (C=O) groups is 2. The normalized spacial score (nSPS) is 14.5. The van der Waals surface area contributed by atoms with E-state index in [0.717, 1.165) is 59.5 Å². The van der Waals surface area contributed by atoms with Gasteiger partial charge in [-0.25, -0.2) is 12.8 Å². The van der Waals surface area contributed by atoms with E-state index in [4.69, 9.17) is 11.6 Å². The van der Waals surface area contributed by atoms with Crippen molar-refractivity contribution in [3.8, 4) is 0 Å². The van der Waals surface area contributed by atoms with Gasteiger partial charge in [0.15, 0.2) is 0 Å². The number of benzene rings is 3. The molecule has 1 aliphatic rings. The third-order valence-electron chi connectivity index (χ3n) is 7.03. The van der Waals surface area contributed by atoms with E-state index < -0.39 is 34.3 Å². The van der Waals surface area contributed by atoms with Crippen LogP contribution in [0.5, 0.6) is 0 Å². The third-order valence-corrected chi connectivity index (χ3v) is 8.43. The molecule has 2 amide bonds. The average Bonchev–Trinajstić information content (AvgIpc) is 3.44. The molecule has 1 N–H and O–H groups in total. The number of nitrogens with zero attached hydrogens (tertiary/aromatic N) is 2. The summed E-state index contributed by atoms with van der Waals surface area (Å²) in [6.07, 6.45) is 5.05. The standard InChI is InChI=1S/C30H33ClFN3O4S/c1-40(38,39)35(27-17-15-25(32)16-18-27)21-29(36)34(20-23-11-13-24(31)14-12-23)28(19-22-7-3-2-4-8-22)30(37)33-26-9-5-6-10-26/h2-4,7-8,11-18,26,28H,5-6,9-10,19-21H2,1H3,(H,33,37). The molecular weight excluding hydrogens is 553 g/mol. The lowest BCUT2D eigenvalue weighted by Crippen LogP contribution is -2.54. The smallest absolute Gasteiger partial charge is 0.244 e. The molecule has 1 atom stereocenters. The summed E-state index contributed by atoms with van der Waals surface area (Å²) in [5.41, 5.74) is 1.75. The van der Waals surface area contributed by atoms with Gasteiger partial charge in [-0.15, -0.1) is 0 Å². The van der Waals surface area contributed by atoms with Gasteiger partial charge in [-0.2, -0.15) is 0 Å². The summed E-state index contributed by atoms with van der Waals surface area (Å²) in [4.78, 5) is 29.2. The zero-order valence-corrected chi connectivity index (χ0v) is 23.9. The summed E-state index contributed by atoms with van der Waals surface area (Å²) >= 11 is 6.08. The monoisotopic (exact) mass is 585 g/mol. The Labute approximate surface area is 240 Å². The van der Waals surface area contributed by atoms with E-state index in [1.807, 2.05) is 30.3 Å². The van der Waals surface area contributed by atoms with Crippen molar-refractivity contribution in [3.05, 3.63) is 101 Å². The van der Waals surface area contributed by atoms with Gasteiger partial charge in [-0.05, 0) is 60.4 Å². The first kappa shape index (κ1) is 29.6. The second kappa shape index (κ2) is 13.3. The van der Waals surface area contributed by atoms with Crippen LogP contribution >= 0.6 is 11.6 Å². The van der Waals surface area contributed by atoms with E-state index in [-0.39, 0.29) is 30.6 Å². The van der Waals surface area contributed by atoms with Crippen LogP contribution in [0.1, 0.15) is 36.8 Å². The Morgan fingerprint density at radius 3 is 2.17 bits per heavy atom. The van der Waals surface area contributed by atoms with Gasteiger partial charge < -0.3 is 10.2 Å². The van der Waals surface area contributed by atoms with Gasteiger partial charge >= 0.3 is 0 Å². The molecule has 3 aromatic rings. The van der Waals surface area contributed by atoms with E-state index in [9.17, 15) is 22.4 Å². The van der Waals surface area contributed by atoms with Gasteiger partial charge in [-0.1, -0.05) is 66.9 Å². The first-order chi connectivity index (χ1) is 19.1. The SMILES string of the molecule is CS(=O)(=O)N(CC(=O)N(Cc1ccc(Cl)cc1)C(Cc1ccccc1)C(=O)NC1CCCC1)c1ccc(F)cc1. The van der Waals surface area contributed by atoms with Crippen LogP contribution in [-0.2, 0) is 32.6 Å². The number of hydrogen-bond donors (Lipinski definition) is 1. The number of carbonyl (C=O) groups excluding carboxylic acids is 2. The van der Waals surface area contributed by atoms with Crippen molar-refractivity contribution in [1.82, 2.24) is 10.2 Å². The molecule has 0 spiro atoms. The number of rotatable bonds is 11. The van der Waals surface area contributed by atoms with Crippen LogP contribution in [0.2, 0.25) is 5.02 Å². The molecule has 0 aliphatic heterocycles. The van der Waals surface area contributed by atoms with Crippen LogP contribution in [0.4, 0.5) is 10.1 Å². The zero-order chi connectivity index (χ0) is 28.7. The van der Waals surface area contributed by atoms with Crippen molar-refractivity contribution < 1.29 is 22.4 Å². The number of hydrogen-bond acceptors (Lipinski definition) is 4. The number of anilines is 1. The topological polar surface area (TPSA) is 86.8 Å². The zero-order valence-electron chi connectivity index (χ0n) is 22.3. The second-order valence-electron chi connectivity index (χ2n) is 10.1. The Morgan fingerprint density at radius 1 is 0.950 bits per heavy atom. The molecule has 40 heavy (non-hydrogen) atoms. The maximum atomic E-state index is 14.0. The fourth-order valence-corrected chi connectivity index (χ4v) is 5.90. The van der Waals surface area contributed by atoms with Crippen molar-refractivity contribution in [3.63, 3.8) is 0 Å². The molecule has 7 nitrogen and oxygen atoms in total. The van der Waals surface area contributed by atoms with Crippen molar-refractivity contribution in [2.24, 2.45) is 0 Å². The van der Waals surface area contributed by atoms with Gasteiger partial charge in [0, 0.05) is 24.0 Å². The minimum Gasteiger partial charge on any atom is -0.352 e. The first-order valence-corrected chi connectivity index (χ1v) is 15.4. The van der Waals surface area contributed by atoms with E-state index in [1.165, 1.54) is 17.0 Å². The van der Waals surface area contributed by atoms with E-state index in [1.54, 1.807) is 24.3 Å². The van der Waals surface area contributed by atoms with Gasteiger partial charge in [0.1, 0.15) is 18.4 Å². The fraction of sp³-hybridized carbons (Fsp3) is 0.333. The van der Waals surface area contributed by atoms with Crippen molar-refractivity contribution in [1.29, 1.82) is 0 Å². The van der Waals surface area contributed by atoms with Gasteiger partial charge in [-0.3, -0.25) is 13.9 Å². The number of amides is 2. The highest BCUT2D eigenvalue weighted by molar-refractivity contribution is 7.92.